The number of halogens is 1. The number of benzene rings is 2. The van der Waals surface area contributed by atoms with Crippen molar-refractivity contribution in [2.75, 3.05) is 11.9 Å². The number of aromatic nitrogens is 2. The van der Waals surface area contributed by atoms with Gasteiger partial charge in [-0.25, -0.2) is 12.8 Å². The molecule has 1 amide bonds. The average molecular weight is 475 g/mol. The summed E-state index contributed by atoms with van der Waals surface area (Å²) in [7, 11) is -3.75. The molecule has 32 heavy (non-hydrogen) atoms. The largest absolute Gasteiger partial charge is 0.317 e. The molecule has 0 aliphatic carbocycles. The number of nitrogens with one attached hydrogen (secondary N) is 1. The zero-order valence-electron chi connectivity index (χ0n) is 17.9. The molecule has 2 aromatic carbocycles. The van der Waals surface area contributed by atoms with Gasteiger partial charge >= 0.3 is 0 Å². The second-order valence-corrected chi connectivity index (χ2v) is 10.7. The summed E-state index contributed by atoms with van der Waals surface area (Å²) in [5, 5.41) is 11.0. The summed E-state index contributed by atoms with van der Waals surface area (Å²) in [6, 6.07) is 8.93. The molecule has 0 saturated carbocycles. The molecule has 1 saturated heterocycles. The van der Waals surface area contributed by atoms with Crippen molar-refractivity contribution in [3.05, 3.63) is 68.9 Å². The molecule has 1 fully saturated rings. The molecule has 4 rings (SSSR count). The molecule has 2 heterocycles. The molecular weight excluding hydrogens is 451 g/mol. The predicted molar refractivity (Wildman–Crippen MR) is 121 cm³/mol. The quantitative estimate of drug-likeness (QED) is 0.592. The molecule has 10 heteroatoms. The van der Waals surface area contributed by atoms with Crippen LogP contribution in [-0.4, -0.2) is 35.4 Å². The maximum absolute atomic E-state index is 13.8. The number of aryl methyl sites for hydroxylation is 3. The summed E-state index contributed by atoms with van der Waals surface area (Å²) in [6.07, 6.45) is 1.27. The molecule has 7 nitrogen and oxygen atoms in total. The predicted octanol–water partition coefficient (Wildman–Crippen LogP) is 4.38. The van der Waals surface area contributed by atoms with E-state index in [1.807, 2.05) is 19.9 Å². The van der Waals surface area contributed by atoms with E-state index < -0.39 is 27.8 Å². The smallest absolute Gasteiger partial charge is 0.286 e. The Hall–Kier alpha value is -2.69. The van der Waals surface area contributed by atoms with Crippen molar-refractivity contribution in [3.63, 3.8) is 0 Å². The fourth-order valence-corrected chi connectivity index (χ4v) is 6.72. The van der Waals surface area contributed by atoms with E-state index in [2.05, 4.69) is 15.5 Å². The lowest BCUT2D eigenvalue weighted by Gasteiger charge is -2.23. The molecule has 1 N–H and O–H groups in total. The van der Waals surface area contributed by atoms with E-state index in [-0.39, 0.29) is 15.6 Å². The van der Waals surface area contributed by atoms with E-state index in [0.717, 1.165) is 22.5 Å². The number of anilines is 1. The molecule has 3 aromatic rings. The number of amides is 1. The van der Waals surface area contributed by atoms with Gasteiger partial charge in [0.05, 0.1) is 16.6 Å². The van der Waals surface area contributed by atoms with Gasteiger partial charge < -0.3 is 5.32 Å². The summed E-state index contributed by atoms with van der Waals surface area (Å²) in [4.78, 5) is 12.8. The van der Waals surface area contributed by atoms with Crippen LogP contribution in [0.4, 0.5) is 10.1 Å². The van der Waals surface area contributed by atoms with E-state index in [1.165, 1.54) is 22.5 Å². The number of para-hydroxylation sites is 1. The van der Waals surface area contributed by atoms with Crippen LogP contribution in [0, 0.1) is 26.6 Å². The van der Waals surface area contributed by atoms with Gasteiger partial charge in [0, 0.05) is 6.54 Å². The molecule has 0 unspecified atom stereocenters. The van der Waals surface area contributed by atoms with Crippen molar-refractivity contribution < 1.29 is 17.6 Å². The third-order valence-electron chi connectivity index (χ3n) is 5.62. The lowest BCUT2D eigenvalue weighted by Crippen LogP contribution is -2.31. The van der Waals surface area contributed by atoms with Crippen molar-refractivity contribution >= 4 is 33.0 Å². The first-order chi connectivity index (χ1) is 15.2. The van der Waals surface area contributed by atoms with Gasteiger partial charge in [-0.2, -0.15) is 4.31 Å². The summed E-state index contributed by atoms with van der Waals surface area (Å²) in [6.45, 7) is 6.00. The Morgan fingerprint density at radius 3 is 2.59 bits per heavy atom. The van der Waals surface area contributed by atoms with E-state index in [1.54, 1.807) is 19.1 Å². The monoisotopic (exact) mass is 474 g/mol. The van der Waals surface area contributed by atoms with Crippen LogP contribution in [0.1, 0.15) is 50.4 Å². The number of nitrogens with zero attached hydrogens (tertiary/aromatic N) is 3. The molecule has 168 valence electrons. The highest BCUT2D eigenvalue weighted by molar-refractivity contribution is 7.89. The number of carbonyl (C=O) groups excluding carboxylic acids is 1. The van der Waals surface area contributed by atoms with Crippen molar-refractivity contribution in [2.45, 2.75) is 44.6 Å². The number of hydrogen-bond acceptors (Lipinski definition) is 6. The van der Waals surface area contributed by atoms with Gasteiger partial charge in [-0.1, -0.05) is 29.5 Å². The second-order valence-electron chi connectivity index (χ2n) is 7.86. The Morgan fingerprint density at radius 2 is 1.84 bits per heavy atom. The van der Waals surface area contributed by atoms with E-state index >= 15 is 0 Å². The van der Waals surface area contributed by atoms with Gasteiger partial charge in [0.25, 0.3) is 5.91 Å². The van der Waals surface area contributed by atoms with E-state index in [4.69, 9.17) is 0 Å². The zero-order valence-corrected chi connectivity index (χ0v) is 19.6. The first kappa shape index (κ1) is 22.5. The molecule has 0 bridgehead atoms. The normalized spacial score (nSPS) is 16.9. The van der Waals surface area contributed by atoms with Crippen LogP contribution in [0.2, 0.25) is 0 Å². The Labute approximate surface area is 190 Å². The van der Waals surface area contributed by atoms with Crippen LogP contribution < -0.4 is 5.32 Å². The van der Waals surface area contributed by atoms with Crippen LogP contribution in [-0.2, 0) is 10.0 Å². The van der Waals surface area contributed by atoms with Crippen molar-refractivity contribution in [3.8, 4) is 0 Å². The van der Waals surface area contributed by atoms with Crippen LogP contribution in [0.15, 0.2) is 41.3 Å². The van der Waals surface area contributed by atoms with Crippen molar-refractivity contribution in [1.29, 1.82) is 0 Å². The van der Waals surface area contributed by atoms with Gasteiger partial charge in [0.2, 0.25) is 15.0 Å². The molecule has 0 radical (unpaired) electrons. The standard InChI is InChI=1S/C22H23FN4O3S2/c1-13-11-15(3)19(12-14(13)2)32(29,30)27-10-6-9-18(27)21-25-26-22(31-21)20(28)24-17-8-5-4-7-16(17)23/h4-5,7-8,11-12,18H,6,9-10H2,1-3H3,(H,24,28)/t18-/m1/s1. The molecule has 1 aromatic heterocycles. The first-order valence-electron chi connectivity index (χ1n) is 10.2. The summed E-state index contributed by atoms with van der Waals surface area (Å²) in [5.41, 5.74) is 2.69. The summed E-state index contributed by atoms with van der Waals surface area (Å²) in [5.74, 6) is -1.14. The topological polar surface area (TPSA) is 92.3 Å². The van der Waals surface area contributed by atoms with Crippen LogP contribution >= 0.6 is 11.3 Å². The highest BCUT2D eigenvalue weighted by Crippen LogP contribution is 2.38. The second kappa shape index (κ2) is 8.68. The molecular formula is C22H23FN4O3S2. The Kier molecular flexibility index (Phi) is 6.11. The third kappa shape index (κ3) is 4.17. The molecule has 0 spiro atoms. The maximum atomic E-state index is 13.8. The number of sulfonamides is 1. The SMILES string of the molecule is Cc1cc(C)c(S(=O)(=O)N2CCC[C@@H]2c2nnc(C(=O)Nc3ccccc3F)s2)cc1C. The van der Waals surface area contributed by atoms with Gasteiger partial charge in [-0.3, -0.25) is 4.79 Å². The van der Waals surface area contributed by atoms with Gasteiger partial charge in [-0.05, 0) is 68.5 Å². The van der Waals surface area contributed by atoms with Crippen LogP contribution in [0.3, 0.4) is 0 Å². The first-order valence-corrected chi connectivity index (χ1v) is 12.4. The van der Waals surface area contributed by atoms with Gasteiger partial charge in [-0.15, -0.1) is 10.2 Å². The van der Waals surface area contributed by atoms with Crippen LogP contribution in [0.25, 0.3) is 0 Å². The summed E-state index contributed by atoms with van der Waals surface area (Å²) < 4.78 is 42.2. The van der Waals surface area contributed by atoms with Gasteiger partial charge in [0.15, 0.2) is 0 Å². The third-order valence-corrected chi connectivity index (χ3v) is 8.70. The van der Waals surface area contributed by atoms with E-state index in [0.29, 0.717) is 30.0 Å². The average Bonchev–Trinajstić information content (AvgIpc) is 3.42. The van der Waals surface area contributed by atoms with E-state index in [9.17, 15) is 17.6 Å². The van der Waals surface area contributed by atoms with Crippen molar-refractivity contribution in [1.82, 2.24) is 14.5 Å². The Balaban J connectivity index is 1.59. The lowest BCUT2D eigenvalue weighted by atomic mass is 10.1. The minimum atomic E-state index is -3.75. The fourth-order valence-electron chi connectivity index (χ4n) is 3.81. The molecule has 1 aliphatic rings. The number of hydrogen-bond donors (Lipinski definition) is 1. The molecule has 1 atom stereocenters. The maximum Gasteiger partial charge on any atom is 0.286 e. The minimum Gasteiger partial charge on any atom is -0.317 e. The summed E-state index contributed by atoms with van der Waals surface area (Å²) >= 11 is 1.03. The van der Waals surface area contributed by atoms with Gasteiger partial charge in [0.1, 0.15) is 10.8 Å². The number of rotatable bonds is 5. The van der Waals surface area contributed by atoms with Crippen LogP contribution in [0.5, 0.6) is 0 Å². The minimum absolute atomic E-state index is 0.0459. The Morgan fingerprint density at radius 1 is 1.12 bits per heavy atom. The highest BCUT2D eigenvalue weighted by atomic mass is 32.2. The fraction of sp³-hybridized carbons (Fsp3) is 0.318. The zero-order chi connectivity index (χ0) is 23.0. The Bertz CT molecular complexity index is 1290. The highest BCUT2D eigenvalue weighted by Gasteiger charge is 2.39. The molecule has 1 aliphatic heterocycles. The van der Waals surface area contributed by atoms with Crippen molar-refractivity contribution in [2.24, 2.45) is 0 Å². The number of carbonyl (C=O) groups is 1. The lowest BCUT2D eigenvalue weighted by molar-refractivity contribution is 0.102.